The molecule has 3 unspecified atom stereocenters. The van der Waals surface area contributed by atoms with E-state index in [-0.39, 0.29) is 0 Å². The molecular formula is C3H12As3N. The van der Waals surface area contributed by atoms with E-state index < -0.39 is 0 Å². The average molecular weight is 287 g/mol. The van der Waals surface area contributed by atoms with E-state index in [2.05, 4.69) is 4.90 Å². The van der Waals surface area contributed by atoms with E-state index in [4.69, 9.17) is 0 Å². The van der Waals surface area contributed by atoms with Crippen molar-refractivity contribution in [3.05, 3.63) is 0 Å². The Bertz CT molecular complexity index is 31.7. The topological polar surface area (TPSA) is 3.24 Å². The summed E-state index contributed by atoms with van der Waals surface area (Å²) >= 11 is 5.45. The minimum absolute atomic E-state index is 1.28. The number of hydrogen-bond donors (Lipinski definition) is 0. The van der Waals surface area contributed by atoms with Crippen LogP contribution in [-0.2, 0) is 0 Å². The molecule has 0 rings (SSSR count). The van der Waals surface area contributed by atoms with Gasteiger partial charge in [-0.05, 0) is 0 Å². The van der Waals surface area contributed by atoms with Crippen molar-refractivity contribution in [2.45, 2.75) is 0 Å². The Morgan fingerprint density at radius 3 is 1.14 bits per heavy atom. The van der Waals surface area contributed by atoms with Crippen LogP contribution < -0.4 is 0 Å². The molecule has 0 aliphatic rings. The van der Waals surface area contributed by atoms with Crippen LogP contribution in [0.5, 0.6) is 0 Å². The van der Waals surface area contributed by atoms with Crippen LogP contribution in [0.15, 0.2) is 0 Å². The SMILES string of the molecule is [AsH2]CN(C[AsH2])C[AsH2]. The molecule has 4 heteroatoms. The van der Waals surface area contributed by atoms with Gasteiger partial charge in [0.25, 0.3) is 0 Å². The van der Waals surface area contributed by atoms with Crippen molar-refractivity contribution in [1.29, 1.82) is 0 Å². The predicted molar refractivity (Wildman–Crippen MR) is 42.1 cm³/mol. The summed E-state index contributed by atoms with van der Waals surface area (Å²) in [6.45, 7) is 0. The molecule has 0 aromatic heterocycles. The Kier molecular flexibility index (Phi) is 7.11. The molecule has 0 bridgehead atoms. The Morgan fingerprint density at radius 2 is 1.14 bits per heavy atom. The van der Waals surface area contributed by atoms with Gasteiger partial charge in [-0.25, -0.2) is 0 Å². The van der Waals surface area contributed by atoms with Crippen molar-refractivity contribution >= 4 is 50.6 Å². The zero-order chi connectivity index (χ0) is 5.70. The molecule has 0 spiro atoms. The van der Waals surface area contributed by atoms with E-state index in [1.54, 1.807) is 0 Å². The van der Waals surface area contributed by atoms with Crippen molar-refractivity contribution < 1.29 is 0 Å². The standard InChI is InChI=1S/C3H12As3N/c4-1-7(2-5)3-6/h1-6H2. The molecule has 0 aromatic carbocycles. The second-order valence-electron chi connectivity index (χ2n) is 1.22. The zero-order valence-electron chi connectivity index (χ0n) is 4.30. The molecule has 3 atom stereocenters. The first kappa shape index (κ1) is 8.64. The molecule has 0 aliphatic heterocycles. The van der Waals surface area contributed by atoms with Crippen LogP contribution in [0.2, 0.25) is 0 Å². The molecule has 0 fully saturated rings. The molecule has 0 saturated heterocycles. The van der Waals surface area contributed by atoms with Gasteiger partial charge in [-0.15, -0.1) is 0 Å². The summed E-state index contributed by atoms with van der Waals surface area (Å²) in [6.07, 6.45) is 0. The molecule has 0 amide bonds. The molecule has 7 heavy (non-hydrogen) atoms. The van der Waals surface area contributed by atoms with Crippen LogP contribution in [0, 0.1) is 0 Å². The molecule has 1 nitrogen and oxygen atoms in total. The van der Waals surface area contributed by atoms with E-state index in [1.807, 2.05) is 50.6 Å². The third-order valence-electron chi connectivity index (χ3n) is 0.775. The van der Waals surface area contributed by atoms with E-state index in [1.165, 1.54) is 16.0 Å². The number of hydrogen-bond acceptors (Lipinski definition) is 1. The Hall–Kier alpha value is 1.64. The summed E-state index contributed by atoms with van der Waals surface area (Å²) in [5.74, 6) is 0. The molecule has 44 valence electrons. The molecule has 0 saturated carbocycles. The summed E-state index contributed by atoms with van der Waals surface area (Å²) in [7, 11) is 0. The van der Waals surface area contributed by atoms with Gasteiger partial charge in [0.1, 0.15) is 0 Å². The second-order valence-corrected chi connectivity index (χ2v) is 3.52. The van der Waals surface area contributed by atoms with Crippen molar-refractivity contribution in [2.75, 3.05) is 16.0 Å². The third kappa shape index (κ3) is 4.16. The zero-order valence-corrected chi connectivity index (χ0v) is 11.6. The van der Waals surface area contributed by atoms with Crippen LogP contribution >= 0.6 is 0 Å². The van der Waals surface area contributed by atoms with Crippen molar-refractivity contribution in [3.8, 4) is 0 Å². The van der Waals surface area contributed by atoms with Crippen LogP contribution in [0.4, 0.5) is 0 Å². The normalized spacial score (nSPS) is 10.3. The monoisotopic (exact) mass is 287 g/mol. The molecule has 0 N–H and O–H groups in total. The fraction of sp³-hybridized carbons (Fsp3) is 1.00. The first-order valence-corrected chi connectivity index (χ1v) is 7.31. The van der Waals surface area contributed by atoms with Gasteiger partial charge in [0, 0.05) is 0 Å². The first-order valence-electron chi connectivity index (χ1n) is 2.17. The van der Waals surface area contributed by atoms with Crippen molar-refractivity contribution in [1.82, 2.24) is 4.90 Å². The maximum atomic E-state index is 2.46. The van der Waals surface area contributed by atoms with Crippen molar-refractivity contribution in [3.63, 3.8) is 0 Å². The fourth-order valence-electron chi connectivity index (χ4n) is 0.224. The van der Waals surface area contributed by atoms with E-state index >= 15 is 0 Å². The minimum atomic E-state index is 1.28. The van der Waals surface area contributed by atoms with Crippen LogP contribution in [0.1, 0.15) is 0 Å². The van der Waals surface area contributed by atoms with Gasteiger partial charge in [-0.2, -0.15) is 0 Å². The summed E-state index contributed by atoms with van der Waals surface area (Å²) in [4.78, 5) is 2.46. The summed E-state index contributed by atoms with van der Waals surface area (Å²) in [6, 6.07) is 0. The first-order chi connectivity index (χ1) is 3.35. The quantitative estimate of drug-likeness (QED) is 0.502. The Labute approximate surface area is 71.1 Å². The Balaban J connectivity index is 2.99. The predicted octanol–water partition coefficient (Wildman–Crippen LogP) is -2.94. The molecule has 0 aromatic rings. The van der Waals surface area contributed by atoms with Crippen molar-refractivity contribution in [2.24, 2.45) is 0 Å². The van der Waals surface area contributed by atoms with Gasteiger partial charge in [0.2, 0.25) is 0 Å². The molecular weight excluding hydrogens is 275 g/mol. The van der Waals surface area contributed by atoms with Crippen LogP contribution in [0.25, 0.3) is 0 Å². The van der Waals surface area contributed by atoms with Crippen LogP contribution in [0.3, 0.4) is 0 Å². The van der Waals surface area contributed by atoms with Gasteiger partial charge < -0.3 is 0 Å². The van der Waals surface area contributed by atoms with Gasteiger partial charge in [0.05, 0.1) is 0 Å². The fourth-order valence-corrected chi connectivity index (χ4v) is 6.04. The van der Waals surface area contributed by atoms with E-state index in [0.29, 0.717) is 0 Å². The third-order valence-corrected chi connectivity index (χ3v) is 4.02. The molecule has 0 aliphatic carbocycles. The molecule has 0 radical (unpaired) electrons. The Morgan fingerprint density at radius 1 is 0.857 bits per heavy atom. The maximum absolute atomic E-state index is 2.46. The number of nitrogens with zero attached hydrogens (tertiary/aromatic N) is 1. The van der Waals surface area contributed by atoms with Crippen LogP contribution in [-0.4, -0.2) is 71.5 Å². The van der Waals surface area contributed by atoms with E-state index in [0.717, 1.165) is 0 Å². The van der Waals surface area contributed by atoms with Gasteiger partial charge in [-0.3, -0.25) is 0 Å². The second kappa shape index (κ2) is 5.77. The average Bonchev–Trinajstić information content (AvgIpc) is 1.72. The molecule has 0 heterocycles. The van der Waals surface area contributed by atoms with Gasteiger partial charge in [0.15, 0.2) is 0 Å². The van der Waals surface area contributed by atoms with Gasteiger partial charge >= 0.3 is 71.5 Å². The number of rotatable bonds is 3. The summed E-state index contributed by atoms with van der Waals surface area (Å²) in [5, 5.41) is 3.84. The van der Waals surface area contributed by atoms with Gasteiger partial charge in [-0.1, -0.05) is 0 Å². The summed E-state index contributed by atoms with van der Waals surface area (Å²) < 4.78 is 0. The van der Waals surface area contributed by atoms with E-state index in [9.17, 15) is 0 Å². The summed E-state index contributed by atoms with van der Waals surface area (Å²) in [5.41, 5.74) is 0.